The van der Waals surface area contributed by atoms with E-state index in [1.807, 2.05) is 6.92 Å². The number of ether oxygens (including phenoxy) is 4. The van der Waals surface area contributed by atoms with Gasteiger partial charge in [0.2, 0.25) is 0 Å². The van der Waals surface area contributed by atoms with Gasteiger partial charge in [0.25, 0.3) is 0 Å². The fraction of sp³-hybridized carbons (Fsp3) is 0.314. The third-order valence-electron chi connectivity index (χ3n) is 8.00. The Hall–Kier alpha value is -4.88. The van der Waals surface area contributed by atoms with Crippen LogP contribution in [0.2, 0.25) is 0 Å². The molecular formula is C35H36O12. The van der Waals surface area contributed by atoms with Crippen LogP contribution in [0.3, 0.4) is 0 Å². The van der Waals surface area contributed by atoms with E-state index in [0.29, 0.717) is 28.7 Å². The molecule has 248 valence electrons. The molecule has 0 aromatic heterocycles. The zero-order valence-corrected chi connectivity index (χ0v) is 25.4. The van der Waals surface area contributed by atoms with Crippen molar-refractivity contribution in [2.45, 2.75) is 62.5 Å². The SMILES string of the molecule is CC1CC(OC2OC(COC(=O)/C=C/c3ccc(O)cc3)C(OC(=O)/C=C/c3ccc(O)cc3)C(O)C2O)Cc2cc(O)cc(O)c21. The van der Waals surface area contributed by atoms with E-state index in [1.165, 1.54) is 48.6 Å². The molecular weight excluding hydrogens is 612 g/mol. The second kappa shape index (κ2) is 14.7. The Morgan fingerprint density at radius 2 is 1.43 bits per heavy atom. The maximum atomic E-state index is 12.8. The number of phenols is 4. The summed E-state index contributed by atoms with van der Waals surface area (Å²) >= 11 is 0. The molecule has 1 heterocycles. The van der Waals surface area contributed by atoms with Gasteiger partial charge in [0.1, 0.15) is 47.9 Å². The summed E-state index contributed by atoms with van der Waals surface area (Å²) in [6.45, 7) is 1.40. The van der Waals surface area contributed by atoms with E-state index < -0.39 is 55.4 Å². The van der Waals surface area contributed by atoms with Gasteiger partial charge in [-0.15, -0.1) is 0 Å². The quantitative estimate of drug-likeness (QED) is 0.147. The van der Waals surface area contributed by atoms with Crippen LogP contribution in [0.15, 0.2) is 72.8 Å². The van der Waals surface area contributed by atoms with Gasteiger partial charge in [-0.1, -0.05) is 31.2 Å². The number of esters is 2. The van der Waals surface area contributed by atoms with Gasteiger partial charge in [0.15, 0.2) is 12.4 Å². The van der Waals surface area contributed by atoms with E-state index in [-0.39, 0.29) is 35.3 Å². The Kier molecular flexibility index (Phi) is 10.5. The number of carbonyl (C=O) groups is 2. The molecule has 3 aromatic rings. The minimum atomic E-state index is -1.70. The van der Waals surface area contributed by atoms with Crippen molar-refractivity contribution in [3.05, 3.63) is 95.1 Å². The summed E-state index contributed by atoms with van der Waals surface area (Å²) in [5.41, 5.74) is 2.56. The minimum Gasteiger partial charge on any atom is -0.508 e. The highest BCUT2D eigenvalue weighted by molar-refractivity contribution is 5.87. The number of rotatable bonds is 9. The average Bonchev–Trinajstić information content (AvgIpc) is 3.02. The molecule has 1 aliphatic carbocycles. The molecule has 1 aliphatic heterocycles. The van der Waals surface area contributed by atoms with Gasteiger partial charge in [0.05, 0.1) is 6.10 Å². The van der Waals surface area contributed by atoms with Crippen molar-refractivity contribution >= 4 is 24.1 Å². The maximum Gasteiger partial charge on any atom is 0.331 e. The predicted octanol–water partition coefficient (Wildman–Crippen LogP) is 3.27. The Morgan fingerprint density at radius 1 is 0.830 bits per heavy atom. The van der Waals surface area contributed by atoms with Crippen LogP contribution in [-0.2, 0) is 35.0 Å². The largest absolute Gasteiger partial charge is 0.508 e. The van der Waals surface area contributed by atoms with Crippen LogP contribution in [0.1, 0.15) is 41.5 Å². The highest BCUT2D eigenvalue weighted by Gasteiger charge is 2.48. The standard InChI is InChI=1S/C35H36O12/c1-19-14-26(16-22-15-25(38)17-27(39)31(19)22)45-35-33(43)32(42)34(47-30(41)13-7-21-4-10-24(37)11-5-21)28(46-35)18-44-29(40)12-6-20-2-8-23(36)9-3-20/h2-13,15,17,19,26,28,32-39,42-43H,14,16,18H2,1H3/b12-6+,13-7+. The van der Waals surface area contributed by atoms with Crippen LogP contribution in [-0.4, -0.2) is 86.0 Å². The van der Waals surface area contributed by atoms with E-state index in [9.17, 15) is 40.2 Å². The molecule has 7 unspecified atom stereocenters. The summed E-state index contributed by atoms with van der Waals surface area (Å²) < 4.78 is 22.9. The van der Waals surface area contributed by atoms with Crippen molar-refractivity contribution in [1.29, 1.82) is 0 Å². The van der Waals surface area contributed by atoms with Crippen LogP contribution in [0.4, 0.5) is 0 Å². The lowest BCUT2D eigenvalue weighted by Crippen LogP contribution is -2.61. The van der Waals surface area contributed by atoms with Crippen molar-refractivity contribution in [3.8, 4) is 23.0 Å². The summed E-state index contributed by atoms with van der Waals surface area (Å²) in [4.78, 5) is 25.3. The maximum absolute atomic E-state index is 12.8. The number of aromatic hydroxyl groups is 4. The molecule has 0 amide bonds. The first-order valence-electron chi connectivity index (χ1n) is 15.0. The molecule has 0 saturated carbocycles. The van der Waals surface area contributed by atoms with Gasteiger partial charge >= 0.3 is 11.9 Å². The monoisotopic (exact) mass is 648 g/mol. The van der Waals surface area contributed by atoms with Crippen molar-refractivity contribution < 1.29 is 59.2 Å². The zero-order valence-electron chi connectivity index (χ0n) is 25.4. The van der Waals surface area contributed by atoms with Crippen LogP contribution < -0.4 is 0 Å². The summed E-state index contributed by atoms with van der Waals surface area (Å²) in [6.07, 6.45) is -2.18. The number of benzene rings is 3. The summed E-state index contributed by atoms with van der Waals surface area (Å²) in [5, 5.41) is 61.4. The minimum absolute atomic E-state index is 0.0271. The highest BCUT2D eigenvalue weighted by atomic mass is 16.7. The van der Waals surface area contributed by atoms with E-state index in [1.54, 1.807) is 24.3 Å². The lowest BCUT2D eigenvalue weighted by atomic mass is 9.81. The summed E-state index contributed by atoms with van der Waals surface area (Å²) in [7, 11) is 0. The number of phenolic OH excluding ortho intramolecular Hbond substituents is 4. The van der Waals surface area contributed by atoms with Crippen LogP contribution in [0, 0.1) is 0 Å². The molecule has 5 rings (SSSR count). The number of fused-ring (bicyclic) bond motifs is 1. The molecule has 47 heavy (non-hydrogen) atoms. The van der Waals surface area contributed by atoms with Gasteiger partial charge in [-0.2, -0.15) is 0 Å². The van der Waals surface area contributed by atoms with Gasteiger partial charge in [-0.25, -0.2) is 9.59 Å². The Bertz CT molecular complexity index is 1610. The third-order valence-corrected chi connectivity index (χ3v) is 8.00. The van der Waals surface area contributed by atoms with Gasteiger partial charge < -0.3 is 49.6 Å². The fourth-order valence-electron chi connectivity index (χ4n) is 5.74. The molecule has 0 bridgehead atoms. The first kappa shape index (κ1) is 33.5. The highest BCUT2D eigenvalue weighted by Crippen LogP contribution is 2.41. The van der Waals surface area contributed by atoms with Gasteiger partial charge in [-0.05, 0) is 77.9 Å². The second-order valence-corrected chi connectivity index (χ2v) is 11.5. The fourth-order valence-corrected chi connectivity index (χ4v) is 5.74. The lowest BCUT2D eigenvalue weighted by Gasteiger charge is -2.43. The number of aliphatic hydroxyl groups is 2. The topological polar surface area (TPSA) is 192 Å². The molecule has 0 spiro atoms. The normalized spacial score (nSPS) is 25.8. The van der Waals surface area contributed by atoms with E-state index in [4.69, 9.17) is 18.9 Å². The van der Waals surface area contributed by atoms with Crippen molar-refractivity contribution in [3.63, 3.8) is 0 Å². The molecule has 2 aliphatic rings. The number of hydrogen-bond donors (Lipinski definition) is 6. The lowest BCUT2D eigenvalue weighted by molar-refractivity contribution is -0.313. The predicted molar refractivity (Wildman–Crippen MR) is 167 cm³/mol. The molecule has 1 fully saturated rings. The van der Waals surface area contributed by atoms with Crippen molar-refractivity contribution in [1.82, 2.24) is 0 Å². The number of carbonyl (C=O) groups excluding carboxylic acids is 2. The first-order chi connectivity index (χ1) is 22.5. The third kappa shape index (κ3) is 8.48. The van der Waals surface area contributed by atoms with Crippen LogP contribution >= 0.6 is 0 Å². The van der Waals surface area contributed by atoms with Gasteiger partial charge in [-0.3, -0.25) is 0 Å². The van der Waals surface area contributed by atoms with Crippen LogP contribution in [0.5, 0.6) is 23.0 Å². The van der Waals surface area contributed by atoms with Crippen molar-refractivity contribution in [2.24, 2.45) is 0 Å². The molecule has 12 heteroatoms. The summed E-state index contributed by atoms with van der Waals surface area (Å²) in [6, 6.07) is 14.9. The molecule has 12 nitrogen and oxygen atoms in total. The van der Waals surface area contributed by atoms with Crippen molar-refractivity contribution in [2.75, 3.05) is 6.61 Å². The first-order valence-corrected chi connectivity index (χ1v) is 15.0. The Morgan fingerprint density at radius 3 is 2.04 bits per heavy atom. The average molecular weight is 649 g/mol. The number of aliphatic hydroxyl groups excluding tert-OH is 2. The molecule has 7 atom stereocenters. The number of hydrogen-bond acceptors (Lipinski definition) is 12. The molecule has 0 radical (unpaired) electrons. The van der Waals surface area contributed by atoms with E-state index in [2.05, 4.69) is 0 Å². The zero-order chi connectivity index (χ0) is 33.7. The molecule has 1 saturated heterocycles. The summed E-state index contributed by atoms with van der Waals surface area (Å²) in [5.74, 6) is -1.83. The smallest absolute Gasteiger partial charge is 0.331 e. The van der Waals surface area contributed by atoms with Gasteiger partial charge in [0, 0.05) is 23.8 Å². The molecule has 3 aromatic carbocycles. The van der Waals surface area contributed by atoms with Crippen LogP contribution in [0.25, 0.3) is 12.2 Å². The second-order valence-electron chi connectivity index (χ2n) is 11.5. The van der Waals surface area contributed by atoms with E-state index >= 15 is 0 Å². The Labute approximate surface area is 270 Å². The Balaban J connectivity index is 1.30. The molecule has 6 N–H and O–H groups in total. The van der Waals surface area contributed by atoms with E-state index in [0.717, 1.165) is 12.2 Å².